The molecule has 1 nitrogen and oxygen atoms in total. The summed E-state index contributed by atoms with van der Waals surface area (Å²) >= 11 is 0. The van der Waals surface area contributed by atoms with Gasteiger partial charge >= 0.3 is 0 Å². The fourth-order valence-corrected chi connectivity index (χ4v) is 0.928. The largest absolute Gasteiger partial charge is 0.302 e. The summed E-state index contributed by atoms with van der Waals surface area (Å²) in [5, 5.41) is 0. The van der Waals surface area contributed by atoms with Crippen LogP contribution in [0.2, 0.25) is 0 Å². The van der Waals surface area contributed by atoms with Gasteiger partial charge in [-0.25, -0.2) is 0 Å². The molecule has 0 N–H and O–H groups in total. The number of hydrogen-bond acceptors (Lipinski definition) is 1. The smallest absolute Gasteiger partial charge is 0.129 e. The highest BCUT2D eigenvalue weighted by Crippen LogP contribution is 2.27. The maximum absolute atomic E-state index is 10.3. The molecule has 0 saturated carbocycles. The highest BCUT2D eigenvalue weighted by Gasteiger charge is 2.21. The summed E-state index contributed by atoms with van der Waals surface area (Å²) in [6, 6.07) is 0. The Kier molecular flexibility index (Phi) is 1.20. The summed E-state index contributed by atoms with van der Waals surface area (Å²) < 4.78 is 0. The minimum atomic E-state index is -0.125. The molecule has 0 aromatic rings. The van der Waals surface area contributed by atoms with Gasteiger partial charge in [-0.15, -0.1) is 0 Å². The molecule has 0 amide bonds. The summed E-state index contributed by atoms with van der Waals surface area (Å²) in [4.78, 5) is 10.3. The van der Waals surface area contributed by atoms with Crippen molar-refractivity contribution in [1.29, 1.82) is 0 Å². The molecule has 1 aliphatic carbocycles. The van der Waals surface area contributed by atoms with E-state index in [-0.39, 0.29) is 5.41 Å². The zero-order chi connectivity index (χ0) is 6.04. The van der Waals surface area contributed by atoms with Crippen LogP contribution in [0.5, 0.6) is 0 Å². The zero-order valence-corrected chi connectivity index (χ0v) is 5.05. The van der Waals surface area contributed by atoms with Gasteiger partial charge in [0.25, 0.3) is 0 Å². The second-order valence-corrected chi connectivity index (χ2v) is 2.56. The molecule has 0 fully saturated rings. The van der Waals surface area contributed by atoms with Crippen molar-refractivity contribution in [2.75, 3.05) is 0 Å². The van der Waals surface area contributed by atoms with Gasteiger partial charge in [0, 0.05) is 5.41 Å². The Morgan fingerprint density at radius 2 is 2.50 bits per heavy atom. The summed E-state index contributed by atoms with van der Waals surface area (Å²) in [6.07, 6.45) is 7.14. The molecule has 0 aliphatic heterocycles. The lowest BCUT2D eigenvalue weighted by atomic mass is 9.93. The lowest BCUT2D eigenvalue weighted by Crippen LogP contribution is -2.09. The van der Waals surface area contributed by atoms with Gasteiger partial charge in [0.2, 0.25) is 0 Å². The molecule has 0 unspecified atom stereocenters. The number of carbonyl (C=O) groups excluding carboxylic acids is 1. The lowest BCUT2D eigenvalue weighted by Gasteiger charge is -2.09. The van der Waals surface area contributed by atoms with E-state index in [1.165, 1.54) is 0 Å². The molecule has 1 rings (SSSR count). The van der Waals surface area contributed by atoms with Crippen molar-refractivity contribution in [2.45, 2.75) is 19.8 Å². The Hall–Kier alpha value is -0.590. The van der Waals surface area contributed by atoms with Crippen LogP contribution in [0, 0.1) is 5.41 Å². The average Bonchev–Trinajstić information content (AvgIpc) is 2.17. The molecule has 0 spiro atoms. The molecule has 0 heterocycles. The van der Waals surface area contributed by atoms with Crippen LogP contribution >= 0.6 is 0 Å². The third kappa shape index (κ3) is 0.808. The molecular formula is C7H10O. The molecule has 1 heteroatoms. The van der Waals surface area contributed by atoms with Gasteiger partial charge in [0.05, 0.1) is 0 Å². The first-order valence-corrected chi connectivity index (χ1v) is 2.91. The molecule has 8 heavy (non-hydrogen) atoms. The number of aldehydes is 1. The minimum Gasteiger partial charge on any atom is -0.302 e. The van der Waals surface area contributed by atoms with Crippen LogP contribution in [0.1, 0.15) is 19.8 Å². The van der Waals surface area contributed by atoms with Crippen LogP contribution in [-0.4, -0.2) is 6.29 Å². The van der Waals surface area contributed by atoms with Crippen LogP contribution in [0.15, 0.2) is 12.2 Å². The van der Waals surface area contributed by atoms with E-state index in [1.54, 1.807) is 0 Å². The monoisotopic (exact) mass is 110 g/mol. The molecular weight excluding hydrogens is 100 g/mol. The van der Waals surface area contributed by atoms with Crippen LogP contribution < -0.4 is 0 Å². The molecule has 1 atom stereocenters. The van der Waals surface area contributed by atoms with Crippen molar-refractivity contribution in [1.82, 2.24) is 0 Å². The molecule has 0 aromatic carbocycles. The Labute approximate surface area is 49.4 Å². The van der Waals surface area contributed by atoms with Crippen molar-refractivity contribution in [3.63, 3.8) is 0 Å². The van der Waals surface area contributed by atoms with E-state index in [2.05, 4.69) is 6.08 Å². The first kappa shape index (κ1) is 5.54. The Morgan fingerprint density at radius 3 is 2.75 bits per heavy atom. The standard InChI is InChI=1S/C7H10O/c1-7(6-8)4-2-3-5-7/h2,4,6H,3,5H2,1H3/t7-/m0/s1. The highest BCUT2D eigenvalue weighted by molar-refractivity contribution is 5.62. The topological polar surface area (TPSA) is 17.1 Å². The summed E-state index contributed by atoms with van der Waals surface area (Å²) in [5.41, 5.74) is -0.125. The fraction of sp³-hybridized carbons (Fsp3) is 0.571. The fourth-order valence-electron chi connectivity index (χ4n) is 0.928. The predicted octanol–water partition coefficient (Wildman–Crippen LogP) is 1.54. The number of allylic oxidation sites excluding steroid dienone is 2. The van der Waals surface area contributed by atoms with Gasteiger partial charge in [-0.3, -0.25) is 0 Å². The maximum atomic E-state index is 10.3. The maximum Gasteiger partial charge on any atom is 0.129 e. The van der Waals surface area contributed by atoms with Crippen molar-refractivity contribution in [2.24, 2.45) is 5.41 Å². The van der Waals surface area contributed by atoms with Crippen LogP contribution in [0.3, 0.4) is 0 Å². The van der Waals surface area contributed by atoms with Crippen molar-refractivity contribution < 1.29 is 4.79 Å². The summed E-state index contributed by atoms with van der Waals surface area (Å²) in [6.45, 7) is 1.96. The molecule has 1 aliphatic rings. The van der Waals surface area contributed by atoms with E-state index in [0.29, 0.717) is 0 Å². The lowest BCUT2D eigenvalue weighted by molar-refractivity contribution is -0.113. The highest BCUT2D eigenvalue weighted by atomic mass is 16.1. The number of hydrogen-bond donors (Lipinski definition) is 0. The molecule has 44 valence electrons. The van der Waals surface area contributed by atoms with Gasteiger partial charge in [0.1, 0.15) is 6.29 Å². The van der Waals surface area contributed by atoms with Crippen molar-refractivity contribution >= 4 is 6.29 Å². The molecule has 0 aromatic heterocycles. The second kappa shape index (κ2) is 1.73. The van der Waals surface area contributed by atoms with Gasteiger partial charge in [-0.1, -0.05) is 12.2 Å². The van der Waals surface area contributed by atoms with Crippen molar-refractivity contribution in [3.8, 4) is 0 Å². The van der Waals surface area contributed by atoms with Gasteiger partial charge in [-0.2, -0.15) is 0 Å². The minimum absolute atomic E-state index is 0.125. The van der Waals surface area contributed by atoms with Gasteiger partial charge < -0.3 is 4.79 Å². The second-order valence-electron chi connectivity index (χ2n) is 2.56. The van der Waals surface area contributed by atoms with Gasteiger partial charge in [0.15, 0.2) is 0 Å². The number of carbonyl (C=O) groups is 1. The third-order valence-electron chi connectivity index (χ3n) is 1.62. The van der Waals surface area contributed by atoms with E-state index in [9.17, 15) is 4.79 Å². The Morgan fingerprint density at radius 1 is 1.75 bits per heavy atom. The third-order valence-corrected chi connectivity index (χ3v) is 1.62. The number of rotatable bonds is 1. The summed E-state index contributed by atoms with van der Waals surface area (Å²) in [5.74, 6) is 0. The normalized spacial score (nSPS) is 35.6. The van der Waals surface area contributed by atoms with E-state index in [0.717, 1.165) is 19.1 Å². The first-order chi connectivity index (χ1) is 3.77. The van der Waals surface area contributed by atoms with E-state index in [4.69, 9.17) is 0 Å². The van der Waals surface area contributed by atoms with E-state index in [1.807, 2.05) is 13.0 Å². The van der Waals surface area contributed by atoms with E-state index < -0.39 is 0 Å². The Balaban J connectivity index is 2.67. The quantitative estimate of drug-likeness (QED) is 0.369. The van der Waals surface area contributed by atoms with Crippen molar-refractivity contribution in [3.05, 3.63) is 12.2 Å². The Bertz CT molecular complexity index is 126. The summed E-state index contributed by atoms with van der Waals surface area (Å²) in [7, 11) is 0. The average molecular weight is 110 g/mol. The molecule has 0 bridgehead atoms. The zero-order valence-electron chi connectivity index (χ0n) is 5.05. The van der Waals surface area contributed by atoms with Crippen LogP contribution in [0.4, 0.5) is 0 Å². The van der Waals surface area contributed by atoms with Crippen LogP contribution in [0.25, 0.3) is 0 Å². The van der Waals surface area contributed by atoms with Gasteiger partial charge in [-0.05, 0) is 19.8 Å². The predicted molar refractivity (Wildman–Crippen MR) is 32.5 cm³/mol. The SMILES string of the molecule is C[C@]1(C=O)C=CCC1. The molecule has 0 saturated heterocycles. The van der Waals surface area contributed by atoms with E-state index >= 15 is 0 Å². The van der Waals surface area contributed by atoms with Crippen LogP contribution in [-0.2, 0) is 4.79 Å². The first-order valence-electron chi connectivity index (χ1n) is 2.91. The molecule has 0 radical (unpaired) electrons.